The van der Waals surface area contributed by atoms with Crippen LogP contribution in [0.25, 0.3) is 0 Å². The van der Waals surface area contributed by atoms with E-state index in [2.05, 4.69) is 10.1 Å². The average Bonchev–Trinajstić information content (AvgIpc) is 2.63. The molecule has 0 aliphatic carbocycles. The first-order chi connectivity index (χ1) is 8.06. The maximum absolute atomic E-state index is 6.11. The maximum Gasteiger partial charge on any atom is 0.203 e. The highest BCUT2D eigenvalue weighted by Gasteiger charge is 2.30. The highest BCUT2D eigenvalue weighted by atomic mass is 35.5. The van der Waals surface area contributed by atoms with E-state index < -0.39 is 6.23 Å². The van der Waals surface area contributed by atoms with Gasteiger partial charge in [0.05, 0.1) is 11.2 Å². The zero-order chi connectivity index (χ0) is 12.6. The van der Waals surface area contributed by atoms with Crippen molar-refractivity contribution >= 4 is 34.8 Å². The lowest BCUT2D eigenvalue weighted by atomic mass is 10.3. The molecule has 6 nitrogen and oxygen atoms in total. The monoisotopic (exact) mass is 275 g/mol. The molecule has 0 saturated carbocycles. The number of nitrogens with zero attached hydrogens (tertiary/aromatic N) is 4. The van der Waals surface area contributed by atoms with Gasteiger partial charge in [-0.2, -0.15) is 5.10 Å². The van der Waals surface area contributed by atoms with Crippen LogP contribution in [-0.4, -0.2) is 29.1 Å². The van der Waals surface area contributed by atoms with E-state index in [9.17, 15) is 0 Å². The van der Waals surface area contributed by atoms with Crippen molar-refractivity contribution in [1.29, 1.82) is 0 Å². The molecular weight excluding hydrogens is 265 g/mol. The second-order valence-electron chi connectivity index (χ2n) is 3.40. The maximum atomic E-state index is 6.11. The summed E-state index contributed by atoms with van der Waals surface area (Å²) in [7, 11) is 3.25. The fraction of sp³-hybridized carbons (Fsp3) is 0.333. The Morgan fingerprint density at radius 2 is 2.18 bits per heavy atom. The molecule has 92 valence electrons. The zero-order valence-electron chi connectivity index (χ0n) is 9.26. The molecule has 0 amide bonds. The Morgan fingerprint density at radius 3 is 2.71 bits per heavy atom. The second-order valence-corrected chi connectivity index (χ2v) is 4.20. The first kappa shape index (κ1) is 12.2. The molecule has 1 aromatic heterocycles. The van der Waals surface area contributed by atoms with Crippen LogP contribution in [0, 0.1) is 0 Å². The molecule has 1 aromatic rings. The lowest BCUT2D eigenvalue weighted by molar-refractivity contribution is 0.143. The number of aliphatic imine (C=N–C) groups is 1. The Morgan fingerprint density at radius 1 is 1.47 bits per heavy atom. The number of ether oxygens (including phenoxy) is 1. The summed E-state index contributed by atoms with van der Waals surface area (Å²) in [5.74, 6) is 0.246. The number of methoxy groups -OCH3 is 1. The third-order valence-electron chi connectivity index (χ3n) is 2.37. The van der Waals surface area contributed by atoms with Crippen LogP contribution in [0.3, 0.4) is 0 Å². The minimum atomic E-state index is -0.545. The third kappa shape index (κ3) is 1.99. The van der Waals surface area contributed by atoms with Gasteiger partial charge in [0, 0.05) is 20.4 Å². The van der Waals surface area contributed by atoms with Crippen molar-refractivity contribution in [2.45, 2.75) is 6.23 Å². The molecule has 2 heterocycles. The minimum absolute atomic E-state index is 0.246. The molecule has 2 N–H and O–H groups in total. The molecule has 0 fully saturated rings. The van der Waals surface area contributed by atoms with Gasteiger partial charge in [-0.15, -0.1) is 0 Å². The minimum Gasteiger partial charge on any atom is -0.369 e. The van der Waals surface area contributed by atoms with Gasteiger partial charge in [-0.05, 0) is 0 Å². The molecule has 0 bridgehead atoms. The van der Waals surface area contributed by atoms with Gasteiger partial charge >= 0.3 is 0 Å². The average molecular weight is 276 g/mol. The van der Waals surface area contributed by atoms with Gasteiger partial charge in [-0.25, -0.2) is 4.99 Å². The summed E-state index contributed by atoms with van der Waals surface area (Å²) in [6.07, 6.45) is 2.48. The van der Waals surface area contributed by atoms with Gasteiger partial charge in [-0.1, -0.05) is 23.2 Å². The topological polar surface area (TPSA) is 68.7 Å². The van der Waals surface area contributed by atoms with E-state index in [0.717, 1.165) is 0 Å². The number of nitrogens with two attached hydrogens (primary N) is 1. The number of halogens is 2. The summed E-state index contributed by atoms with van der Waals surface area (Å²) in [4.78, 5) is 5.55. The molecule has 1 aliphatic heterocycles. The Balaban J connectivity index is 2.46. The Bertz CT molecular complexity index is 496. The predicted octanol–water partition coefficient (Wildman–Crippen LogP) is 1.26. The van der Waals surface area contributed by atoms with E-state index in [1.54, 1.807) is 18.1 Å². The molecule has 0 radical (unpaired) electrons. The van der Waals surface area contributed by atoms with Gasteiger partial charge in [0.25, 0.3) is 0 Å². The van der Waals surface area contributed by atoms with Crippen LogP contribution in [0.15, 0.2) is 22.4 Å². The molecule has 8 heteroatoms. The van der Waals surface area contributed by atoms with Crippen LogP contribution in [0.2, 0.25) is 5.15 Å². The van der Waals surface area contributed by atoms with E-state index in [-0.39, 0.29) is 5.96 Å². The molecule has 0 saturated heterocycles. The molecule has 1 aliphatic rings. The van der Waals surface area contributed by atoms with Crippen molar-refractivity contribution in [2.24, 2.45) is 17.8 Å². The van der Waals surface area contributed by atoms with Crippen LogP contribution < -0.4 is 10.6 Å². The summed E-state index contributed by atoms with van der Waals surface area (Å²) < 4.78 is 6.79. The Labute approximate surface area is 108 Å². The first-order valence-corrected chi connectivity index (χ1v) is 5.50. The van der Waals surface area contributed by atoms with E-state index in [0.29, 0.717) is 15.9 Å². The van der Waals surface area contributed by atoms with E-state index in [4.69, 9.17) is 33.7 Å². The molecule has 17 heavy (non-hydrogen) atoms. The normalized spacial score (nSPS) is 20.2. The molecule has 1 atom stereocenters. The van der Waals surface area contributed by atoms with Crippen LogP contribution in [0.4, 0.5) is 5.69 Å². The quantitative estimate of drug-likeness (QED) is 0.883. The van der Waals surface area contributed by atoms with Crippen molar-refractivity contribution in [1.82, 2.24) is 9.78 Å². The van der Waals surface area contributed by atoms with Crippen LogP contribution >= 0.6 is 23.2 Å². The number of hydrogen-bond acceptors (Lipinski definition) is 5. The van der Waals surface area contributed by atoms with E-state index >= 15 is 0 Å². The number of rotatable bonds is 2. The molecular formula is C9H11Cl2N5O. The number of hydrogen-bond donors (Lipinski definition) is 1. The number of aryl methyl sites for hydroxylation is 1. The van der Waals surface area contributed by atoms with Gasteiger partial charge < -0.3 is 10.5 Å². The van der Waals surface area contributed by atoms with Crippen molar-refractivity contribution in [3.8, 4) is 0 Å². The van der Waals surface area contributed by atoms with Crippen molar-refractivity contribution in [2.75, 3.05) is 12.0 Å². The lowest BCUT2D eigenvalue weighted by Gasteiger charge is -2.32. The third-order valence-corrected chi connectivity index (χ3v) is 3.09. The Kier molecular flexibility index (Phi) is 3.28. The van der Waals surface area contributed by atoms with Gasteiger partial charge in [0.1, 0.15) is 5.69 Å². The number of anilines is 1. The smallest absolute Gasteiger partial charge is 0.203 e. The Hall–Kier alpha value is -1.24. The second kappa shape index (κ2) is 4.56. The highest BCUT2D eigenvalue weighted by Crippen LogP contribution is 2.31. The zero-order valence-corrected chi connectivity index (χ0v) is 10.8. The van der Waals surface area contributed by atoms with E-state index in [1.807, 2.05) is 0 Å². The summed E-state index contributed by atoms with van der Waals surface area (Å²) in [5.41, 5.74) is 6.41. The van der Waals surface area contributed by atoms with Crippen molar-refractivity contribution < 1.29 is 4.74 Å². The summed E-state index contributed by atoms with van der Waals surface area (Å²) >= 11 is 12.1. The molecule has 0 aromatic carbocycles. The summed E-state index contributed by atoms with van der Waals surface area (Å²) in [6, 6.07) is 0. The fourth-order valence-corrected chi connectivity index (χ4v) is 1.96. The fourth-order valence-electron chi connectivity index (χ4n) is 1.54. The lowest BCUT2D eigenvalue weighted by Crippen LogP contribution is -2.47. The van der Waals surface area contributed by atoms with Gasteiger partial charge in [0.2, 0.25) is 5.96 Å². The van der Waals surface area contributed by atoms with Crippen LogP contribution in [0.5, 0.6) is 0 Å². The number of guanidine groups is 1. The SMILES string of the molecule is COC1C(Cl)=CN=C(N)N1c1cnn(C)c1Cl. The van der Waals surface area contributed by atoms with Crippen LogP contribution in [-0.2, 0) is 11.8 Å². The van der Waals surface area contributed by atoms with Crippen molar-refractivity contribution in [3.05, 3.63) is 22.6 Å². The van der Waals surface area contributed by atoms with Crippen LogP contribution in [0.1, 0.15) is 0 Å². The predicted molar refractivity (Wildman–Crippen MR) is 67.1 cm³/mol. The number of aromatic nitrogens is 2. The standard InChI is InChI=1S/C9H11Cl2N5O/c1-15-7(11)6(4-14-15)16-8(17-2)5(10)3-13-9(16)12/h3-4,8H,1-2H3,(H2,12,13). The highest BCUT2D eigenvalue weighted by molar-refractivity contribution is 6.33. The summed E-state index contributed by atoms with van der Waals surface area (Å²) in [6.45, 7) is 0. The first-order valence-electron chi connectivity index (χ1n) is 4.74. The largest absolute Gasteiger partial charge is 0.369 e. The van der Waals surface area contributed by atoms with Crippen molar-refractivity contribution in [3.63, 3.8) is 0 Å². The van der Waals surface area contributed by atoms with E-state index in [1.165, 1.54) is 18.0 Å². The molecule has 0 spiro atoms. The molecule has 1 unspecified atom stereocenters. The summed E-state index contributed by atoms with van der Waals surface area (Å²) in [5, 5.41) is 4.88. The van der Waals surface area contributed by atoms with Gasteiger partial charge in [0.15, 0.2) is 11.4 Å². The molecule has 2 rings (SSSR count). The van der Waals surface area contributed by atoms with Gasteiger partial charge in [-0.3, -0.25) is 9.58 Å².